The van der Waals surface area contributed by atoms with Gasteiger partial charge in [0.2, 0.25) is 5.91 Å². The number of aromatic hydroxyl groups is 1. The van der Waals surface area contributed by atoms with Gasteiger partial charge in [0, 0.05) is 0 Å². The molecule has 1 unspecified atom stereocenters. The van der Waals surface area contributed by atoms with Gasteiger partial charge in [0.15, 0.2) is 0 Å². The molecule has 2 N–H and O–H groups in total. The number of fused-ring (bicyclic) bond motifs is 1. The predicted octanol–water partition coefficient (Wildman–Crippen LogP) is 2.32. The van der Waals surface area contributed by atoms with Crippen LogP contribution < -0.4 is 5.32 Å². The number of amides is 3. The van der Waals surface area contributed by atoms with Crippen molar-refractivity contribution in [1.29, 1.82) is 0 Å². The van der Waals surface area contributed by atoms with Crippen molar-refractivity contribution in [3.63, 3.8) is 0 Å². The lowest BCUT2D eigenvalue weighted by atomic mass is 10.1. The molecule has 24 heavy (non-hydrogen) atoms. The molecule has 0 spiro atoms. The molecule has 0 fully saturated rings. The highest BCUT2D eigenvalue weighted by molar-refractivity contribution is 6.23. The lowest BCUT2D eigenvalue weighted by Crippen LogP contribution is -2.45. The van der Waals surface area contributed by atoms with E-state index in [0.717, 1.165) is 10.5 Å². The molecule has 6 heteroatoms. The van der Waals surface area contributed by atoms with E-state index in [9.17, 15) is 19.5 Å². The number of nitrogens with one attached hydrogen (secondary N) is 1. The molecule has 0 radical (unpaired) electrons. The second-order valence-electron chi connectivity index (χ2n) is 5.71. The molecule has 1 aliphatic rings. The van der Waals surface area contributed by atoms with E-state index in [0.29, 0.717) is 11.1 Å². The minimum absolute atomic E-state index is 0.0714. The molecule has 6 nitrogen and oxygen atoms in total. The Labute approximate surface area is 138 Å². The van der Waals surface area contributed by atoms with Crippen LogP contribution in [0.2, 0.25) is 0 Å². The van der Waals surface area contributed by atoms with Crippen molar-refractivity contribution in [2.24, 2.45) is 0 Å². The van der Waals surface area contributed by atoms with Crippen molar-refractivity contribution in [3.8, 4) is 5.75 Å². The van der Waals surface area contributed by atoms with E-state index in [2.05, 4.69) is 5.32 Å². The number of imide groups is 1. The van der Waals surface area contributed by atoms with Gasteiger partial charge in [-0.25, -0.2) is 0 Å². The molecule has 1 aliphatic heterocycles. The summed E-state index contributed by atoms with van der Waals surface area (Å²) >= 11 is 0. The van der Waals surface area contributed by atoms with Crippen LogP contribution in [0.1, 0.15) is 33.2 Å². The van der Waals surface area contributed by atoms with Crippen LogP contribution in [0.3, 0.4) is 0 Å². The largest absolute Gasteiger partial charge is 0.506 e. The molecular formula is C18H16N2O4. The topological polar surface area (TPSA) is 86.7 Å². The lowest BCUT2D eigenvalue weighted by Gasteiger charge is -2.22. The van der Waals surface area contributed by atoms with Gasteiger partial charge in [0.25, 0.3) is 11.8 Å². The van der Waals surface area contributed by atoms with Gasteiger partial charge in [-0.15, -0.1) is 0 Å². The van der Waals surface area contributed by atoms with Gasteiger partial charge in [-0.3, -0.25) is 19.3 Å². The van der Waals surface area contributed by atoms with Gasteiger partial charge < -0.3 is 10.4 Å². The number of nitrogens with zero attached hydrogens (tertiary/aromatic N) is 1. The normalized spacial score (nSPS) is 14.5. The fourth-order valence-electron chi connectivity index (χ4n) is 2.66. The fourth-order valence-corrected chi connectivity index (χ4v) is 2.66. The van der Waals surface area contributed by atoms with Crippen LogP contribution in [0.25, 0.3) is 0 Å². The Balaban J connectivity index is 1.82. The van der Waals surface area contributed by atoms with Gasteiger partial charge in [0.05, 0.1) is 16.8 Å². The number of aryl methyl sites for hydroxylation is 1. The fraction of sp³-hybridized carbons (Fsp3) is 0.167. The summed E-state index contributed by atoms with van der Waals surface area (Å²) < 4.78 is 0. The van der Waals surface area contributed by atoms with E-state index in [1.54, 1.807) is 36.4 Å². The third kappa shape index (κ3) is 2.52. The van der Waals surface area contributed by atoms with Gasteiger partial charge in [0.1, 0.15) is 11.8 Å². The molecular weight excluding hydrogens is 308 g/mol. The molecule has 2 aromatic carbocycles. The average molecular weight is 324 g/mol. The van der Waals surface area contributed by atoms with Crippen molar-refractivity contribution in [3.05, 3.63) is 59.2 Å². The molecule has 2 aromatic rings. The van der Waals surface area contributed by atoms with Crippen LogP contribution in [-0.4, -0.2) is 33.8 Å². The van der Waals surface area contributed by atoms with Crippen molar-refractivity contribution >= 4 is 23.4 Å². The SMILES string of the molecule is Cc1ccc(NC(=O)C(C)N2C(=O)c3ccccc3C2=O)c(O)c1. The van der Waals surface area contributed by atoms with E-state index < -0.39 is 23.8 Å². The number of hydrogen-bond donors (Lipinski definition) is 2. The summed E-state index contributed by atoms with van der Waals surface area (Å²) in [6.07, 6.45) is 0. The van der Waals surface area contributed by atoms with Crippen molar-refractivity contribution in [1.82, 2.24) is 4.90 Å². The standard InChI is InChI=1S/C18H16N2O4/c1-10-7-8-14(15(21)9-10)19-16(22)11(2)20-17(23)12-5-3-4-6-13(12)18(20)24/h3-9,11,21H,1-2H3,(H,19,22). The molecule has 0 saturated carbocycles. The number of phenolic OH excluding ortho intramolecular Hbond substituents is 1. The van der Waals surface area contributed by atoms with E-state index >= 15 is 0 Å². The molecule has 1 heterocycles. The van der Waals surface area contributed by atoms with Crippen LogP contribution >= 0.6 is 0 Å². The molecule has 1 atom stereocenters. The summed E-state index contributed by atoms with van der Waals surface area (Å²) in [6.45, 7) is 3.29. The highest BCUT2D eigenvalue weighted by Gasteiger charge is 2.40. The maximum Gasteiger partial charge on any atom is 0.262 e. The average Bonchev–Trinajstić information content (AvgIpc) is 2.81. The number of phenols is 1. The second-order valence-corrected chi connectivity index (χ2v) is 5.71. The maximum atomic E-state index is 12.4. The lowest BCUT2D eigenvalue weighted by molar-refractivity contribution is -0.119. The summed E-state index contributed by atoms with van der Waals surface area (Å²) in [5.74, 6) is -1.61. The van der Waals surface area contributed by atoms with E-state index in [1.165, 1.54) is 13.0 Å². The highest BCUT2D eigenvalue weighted by atomic mass is 16.3. The summed E-state index contributed by atoms with van der Waals surface area (Å²) in [4.78, 5) is 38.1. The Morgan fingerprint density at radius 3 is 2.21 bits per heavy atom. The maximum absolute atomic E-state index is 12.4. The summed E-state index contributed by atoms with van der Waals surface area (Å²) in [5.41, 5.74) is 1.66. The minimum Gasteiger partial charge on any atom is -0.506 e. The molecule has 0 bridgehead atoms. The Morgan fingerprint density at radius 2 is 1.67 bits per heavy atom. The first-order valence-electron chi connectivity index (χ1n) is 7.47. The number of benzene rings is 2. The summed E-state index contributed by atoms with van der Waals surface area (Å²) in [7, 11) is 0. The smallest absolute Gasteiger partial charge is 0.262 e. The first-order chi connectivity index (χ1) is 11.4. The summed E-state index contributed by atoms with van der Waals surface area (Å²) in [6, 6.07) is 10.3. The number of rotatable bonds is 3. The zero-order chi connectivity index (χ0) is 17.4. The van der Waals surface area contributed by atoms with Crippen molar-refractivity contribution in [2.75, 3.05) is 5.32 Å². The number of carbonyl (C=O) groups excluding carboxylic acids is 3. The first-order valence-corrected chi connectivity index (χ1v) is 7.47. The quantitative estimate of drug-likeness (QED) is 0.670. The molecule has 0 aromatic heterocycles. The van der Waals surface area contributed by atoms with Crippen LogP contribution in [-0.2, 0) is 4.79 Å². The summed E-state index contributed by atoms with van der Waals surface area (Å²) in [5, 5.41) is 12.4. The first kappa shape index (κ1) is 15.7. The van der Waals surface area contributed by atoms with Crippen LogP contribution in [0.4, 0.5) is 5.69 Å². The van der Waals surface area contributed by atoms with Gasteiger partial charge >= 0.3 is 0 Å². The van der Waals surface area contributed by atoms with E-state index in [1.807, 2.05) is 6.92 Å². The number of anilines is 1. The van der Waals surface area contributed by atoms with Crippen LogP contribution in [0, 0.1) is 6.92 Å². The third-order valence-electron chi connectivity index (χ3n) is 4.00. The zero-order valence-electron chi connectivity index (χ0n) is 13.2. The Hall–Kier alpha value is -3.15. The van der Waals surface area contributed by atoms with E-state index in [-0.39, 0.29) is 11.4 Å². The Kier molecular flexibility index (Phi) is 3.81. The monoisotopic (exact) mass is 324 g/mol. The van der Waals surface area contributed by atoms with Gasteiger partial charge in [-0.1, -0.05) is 18.2 Å². The number of carbonyl (C=O) groups is 3. The second kappa shape index (κ2) is 5.81. The van der Waals surface area contributed by atoms with Crippen LogP contribution in [0.5, 0.6) is 5.75 Å². The van der Waals surface area contributed by atoms with E-state index in [4.69, 9.17) is 0 Å². The third-order valence-corrected chi connectivity index (χ3v) is 4.00. The zero-order valence-corrected chi connectivity index (χ0v) is 13.2. The molecule has 0 aliphatic carbocycles. The van der Waals surface area contributed by atoms with Crippen molar-refractivity contribution < 1.29 is 19.5 Å². The molecule has 3 amide bonds. The molecule has 3 rings (SSSR count). The molecule has 0 saturated heterocycles. The van der Waals surface area contributed by atoms with Crippen molar-refractivity contribution in [2.45, 2.75) is 19.9 Å². The molecule has 122 valence electrons. The number of hydrogen-bond acceptors (Lipinski definition) is 4. The Morgan fingerprint density at radius 1 is 1.08 bits per heavy atom. The van der Waals surface area contributed by atoms with Gasteiger partial charge in [-0.05, 0) is 43.7 Å². The Bertz CT molecular complexity index is 825. The van der Waals surface area contributed by atoms with Crippen LogP contribution in [0.15, 0.2) is 42.5 Å². The minimum atomic E-state index is -1.00. The predicted molar refractivity (Wildman–Crippen MR) is 87.9 cm³/mol. The van der Waals surface area contributed by atoms with Gasteiger partial charge in [-0.2, -0.15) is 0 Å². The highest BCUT2D eigenvalue weighted by Crippen LogP contribution is 2.27.